The van der Waals surface area contributed by atoms with Crippen molar-refractivity contribution in [2.24, 2.45) is 5.92 Å². The predicted molar refractivity (Wildman–Crippen MR) is 105 cm³/mol. The SMILES string of the molecule is CCOC(=O)CCNC(=O)N1CCC[C@@H](C(=O)c2cccc(OC(C)C)c2)C1. The maximum absolute atomic E-state index is 12.9. The van der Waals surface area contributed by atoms with Crippen LogP contribution < -0.4 is 10.1 Å². The first-order chi connectivity index (χ1) is 13.4. The number of carbonyl (C=O) groups excluding carboxylic acids is 3. The summed E-state index contributed by atoms with van der Waals surface area (Å²) in [5, 5.41) is 2.73. The van der Waals surface area contributed by atoms with Crippen LogP contribution in [0.4, 0.5) is 4.79 Å². The normalized spacial score (nSPS) is 16.6. The van der Waals surface area contributed by atoms with Crippen LogP contribution in [0.3, 0.4) is 0 Å². The van der Waals surface area contributed by atoms with Gasteiger partial charge in [-0.3, -0.25) is 9.59 Å². The Bertz CT molecular complexity index is 689. The van der Waals surface area contributed by atoms with Gasteiger partial charge in [-0.1, -0.05) is 12.1 Å². The molecule has 0 bridgehead atoms. The second-order valence-corrected chi connectivity index (χ2v) is 7.13. The Balaban J connectivity index is 1.90. The Labute approximate surface area is 166 Å². The van der Waals surface area contributed by atoms with Gasteiger partial charge in [0.2, 0.25) is 0 Å². The Hall–Kier alpha value is -2.57. The van der Waals surface area contributed by atoms with Gasteiger partial charge in [0.25, 0.3) is 0 Å². The van der Waals surface area contributed by atoms with Gasteiger partial charge in [0.15, 0.2) is 5.78 Å². The maximum atomic E-state index is 12.9. The lowest BCUT2D eigenvalue weighted by Crippen LogP contribution is -2.47. The summed E-state index contributed by atoms with van der Waals surface area (Å²) in [5.41, 5.74) is 0.604. The number of ether oxygens (including phenoxy) is 2. The van der Waals surface area contributed by atoms with E-state index in [4.69, 9.17) is 9.47 Å². The highest BCUT2D eigenvalue weighted by Crippen LogP contribution is 2.23. The number of benzene rings is 1. The molecule has 1 atom stereocenters. The second kappa shape index (κ2) is 10.7. The maximum Gasteiger partial charge on any atom is 0.317 e. The van der Waals surface area contributed by atoms with Crippen LogP contribution in [0.25, 0.3) is 0 Å². The van der Waals surface area contributed by atoms with Crippen molar-refractivity contribution in [3.63, 3.8) is 0 Å². The largest absolute Gasteiger partial charge is 0.491 e. The van der Waals surface area contributed by atoms with Crippen LogP contribution in [-0.2, 0) is 9.53 Å². The molecule has 0 spiro atoms. The smallest absolute Gasteiger partial charge is 0.317 e. The Morgan fingerprint density at radius 3 is 2.79 bits per heavy atom. The third kappa shape index (κ3) is 6.55. The third-order valence-corrected chi connectivity index (χ3v) is 4.48. The zero-order valence-corrected chi connectivity index (χ0v) is 16.9. The molecule has 0 saturated carbocycles. The number of ketones is 1. The summed E-state index contributed by atoms with van der Waals surface area (Å²) in [7, 11) is 0. The summed E-state index contributed by atoms with van der Waals surface area (Å²) in [6.07, 6.45) is 1.69. The lowest BCUT2D eigenvalue weighted by atomic mass is 9.90. The van der Waals surface area contributed by atoms with Crippen molar-refractivity contribution in [3.05, 3.63) is 29.8 Å². The van der Waals surface area contributed by atoms with E-state index in [1.807, 2.05) is 26.0 Å². The molecule has 0 aliphatic carbocycles. The highest BCUT2D eigenvalue weighted by molar-refractivity contribution is 5.98. The van der Waals surface area contributed by atoms with Crippen molar-refractivity contribution in [1.29, 1.82) is 0 Å². The molecule has 1 N–H and O–H groups in total. The molecular weight excluding hydrogens is 360 g/mol. The van der Waals surface area contributed by atoms with Crippen LogP contribution in [0.2, 0.25) is 0 Å². The number of piperidine rings is 1. The van der Waals surface area contributed by atoms with Crippen LogP contribution in [0.1, 0.15) is 50.4 Å². The molecule has 0 aromatic heterocycles. The van der Waals surface area contributed by atoms with Crippen molar-refractivity contribution < 1.29 is 23.9 Å². The summed E-state index contributed by atoms with van der Waals surface area (Å²) in [4.78, 5) is 38.3. The molecule has 2 amide bonds. The molecule has 1 aliphatic rings. The Kier molecular flexibility index (Phi) is 8.29. The van der Waals surface area contributed by atoms with E-state index in [1.54, 1.807) is 24.0 Å². The molecular formula is C21H30N2O5. The molecule has 28 heavy (non-hydrogen) atoms. The number of likely N-dealkylation sites (tertiary alicyclic amines) is 1. The van der Waals surface area contributed by atoms with E-state index in [-0.39, 0.29) is 42.8 Å². The Morgan fingerprint density at radius 1 is 1.29 bits per heavy atom. The topological polar surface area (TPSA) is 84.9 Å². The van der Waals surface area contributed by atoms with E-state index in [9.17, 15) is 14.4 Å². The van der Waals surface area contributed by atoms with Crippen molar-refractivity contribution in [1.82, 2.24) is 10.2 Å². The standard InChI is InChI=1S/C21H30N2O5/c1-4-27-19(24)10-11-22-21(26)23-12-6-8-17(14-23)20(25)16-7-5-9-18(13-16)28-15(2)3/h5,7,9,13,15,17H,4,6,8,10-12,14H2,1-3H3,(H,22,26)/t17-/m1/s1. The number of Topliss-reactive ketones (excluding diaryl/α,β-unsaturated/α-hetero) is 1. The Morgan fingerprint density at radius 2 is 2.07 bits per heavy atom. The van der Waals surface area contributed by atoms with E-state index in [1.165, 1.54) is 0 Å². The van der Waals surface area contributed by atoms with Gasteiger partial charge in [0.05, 0.1) is 19.1 Å². The molecule has 1 aromatic carbocycles. The lowest BCUT2D eigenvalue weighted by molar-refractivity contribution is -0.142. The van der Waals surface area contributed by atoms with Crippen LogP contribution in [0, 0.1) is 5.92 Å². The first kappa shape index (κ1) is 21.7. The molecule has 154 valence electrons. The quantitative estimate of drug-likeness (QED) is 0.545. The van der Waals surface area contributed by atoms with Crippen LogP contribution in [0.5, 0.6) is 5.75 Å². The number of nitrogens with one attached hydrogen (secondary N) is 1. The van der Waals surface area contributed by atoms with Crippen LogP contribution in [-0.4, -0.2) is 55.0 Å². The van der Waals surface area contributed by atoms with E-state index < -0.39 is 0 Å². The van der Waals surface area contributed by atoms with Crippen LogP contribution >= 0.6 is 0 Å². The van der Waals surface area contributed by atoms with Gasteiger partial charge in [-0.2, -0.15) is 0 Å². The average Bonchev–Trinajstić information content (AvgIpc) is 2.67. The third-order valence-electron chi connectivity index (χ3n) is 4.48. The number of esters is 1. The monoisotopic (exact) mass is 390 g/mol. The lowest BCUT2D eigenvalue weighted by Gasteiger charge is -2.32. The predicted octanol–water partition coefficient (Wildman–Crippen LogP) is 3.03. The minimum atomic E-state index is -0.335. The van der Waals surface area contributed by atoms with Crippen molar-refractivity contribution in [2.45, 2.75) is 46.1 Å². The molecule has 1 aromatic rings. The van der Waals surface area contributed by atoms with Crippen LogP contribution in [0.15, 0.2) is 24.3 Å². The van der Waals surface area contributed by atoms with E-state index >= 15 is 0 Å². The minimum absolute atomic E-state index is 0.0261. The van der Waals surface area contributed by atoms with Gasteiger partial charge in [-0.15, -0.1) is 0 Å². The first-order valence-electron chi connectivity index (χ1n) is 9.90. The van der Waals surface area contributed by atoms with Crippen molar-refractivity contribution in [3.8, 4) is 5.75 Å². The molecule has 1 saturated heterocycles. The molecule has 2 rings (SSSR count). The first-order valence-corrected chi connectivity index (χ1v) is 9.90. The number of hydrogen-bond donors (Lipinski definition) is 1. The zero-order chi connectivity index (χ0) is 20.5. The fourth-order valence-corrected chi connectivity index (χ4v) is 3.22. The van der Waals surface area contributed by atoms with E-state index in [0.717, 1.165) is 12.8 Å². The molecule has 0 unspecified atom stereocenters. The van der Waals surface area contributed by atoms with Crippen molar-refractivity contribution in [2.75, 3.05) is 26.2 Å². The fourth-order valence-electron chi connectivity index (χ4n) is 3.22. The van der Waals surface area contributed by atoms with Gasteiger partial charge < -0.3 is 19.7 Å². The molecule has 1 fully saturated rings. The summed E-state index contributed by atoms with van der Waals surface area (Å²) >= 11 is 0. The molecule has 0 radical (unpaired) electrons. The summed E-state index contributed by atoms with van der Waals surface area (Å²) in [6.45, 7) is 7.15. The van der Waals surface area contributed by atoms with Gasteiger partial charge >= 0.3 is 12.0 Å². The number of carbonyl (C=O) groups is 3. The minimum Gasteiger partial charge on any atom is -0.491 e. The average molecular weight is 390 g/mol. The van der Waals surface area contributed by atoms with Gasteiger partial charge in [-0.25, -0.2) is 4.79 Å². The highest BCUT2D eigenvalue weighted by Gasteiger charge is 2.29. The zero-order valence-electron chi connectivity index (χ0n) is 16.9. The number of hydrogen-bond acceptors (Lipinski definition) is 5. The van der Waals surface area contributed by atoms with Gasteiger partial charge in [-0.05, 0) is 45.7 Å². The summed E-state index contributed by atoms with van der Waals surface area (Å²) in [5.74, 6) is 0.125. The van der Waals surface area contributed by atoms with E-state index in [0.29, 0.717) is 31.0 Å². The number of rotatable bonds is 8. The number of urea groups is 1. The molecule has 1 heterocycles. The summed E-state index contributed by atoms with van der Waals surface area (Å²) in [6, 6.07) is 6.95. The second-order valence-electron chi connectivity index (χ2n) is 7.13. The van der Waals surface area contributed by atoms with E-state index in [2.05, 4.69) is 5.32 Å². The van der Waals surface area contributed by atoms with Gasteiger partial charge in [0, 0.05) is 31.1 Å². The molecule has 7 heteroatoms. The number of nitrogens with zero attached hydrogens (tertiary/aromatic N) is 1. The number of amides is 2. The molecule has 7 nitrogen and oxygen atoms in total. The van der Waals surface area contributed by atoms with Gasteiger partial charge in [0.1, 0.15) is 5.75 Å². The van der Waals surface area contributed by atoms with Crippen molar-refractivity contribution >= 4 is 17.8 Å². The molecule has 1 aliphatic heterocycles. The summed E-state index contributed by atoms with van der Waals surface area (Å²) < 4.78 is 10.5. The highest BCUT2D eigenvalue weighted by atomic mass is 16.5. The fraction of sp³-hybridized carbons (Fsp3) is 0.571.